The molecule has 1 aromatic rings. The summed E-state index contributed by atoms with van der Waals surface area (Å²) in [6, 6.07) is 3.67. The lowest BCUT2D eigenvalue weighted by Gasteiger charge is -1.78. The summed E-state index contributed by atoms with van der Waals surface area (Å²) in [5, 5.41) is 1.89. The minimum Gasteiger partial charge on any atom is -0.149 e. The van der Waals surface area contributed by atoms with Gasteiger partial charge in [0.1, 0.15) is 0 Å². The molecule has 1 aromatic heterocycles. The second-order valence-corrected chi connectivity index (χ2v) is 2.17. The van der Waals surface area contributed by atoms with Gasteiger partial charge in [0.05, 0.1) is 0 Å². The summed E-state index contributed by atoms with van der Waals surface area (Å²) in [5.74, 6) is 0. The van der Waals surface area contributed by atoms with Crippen LogP contribution in [0.15, 0.2) is 17.5 Å². The SMILES string of the molecule is [2H]C([2H])(C)c1cccs1. The molecule has 38 valence electrons. The van der Waals surface area contributed by atoms with Crippen LogP contribution in [0.5, 0.6) is 0 Å². The second kappa shape index (κ2) is 2.12. The zero-order valence-electron chi connectivity index (χ0n) is 6.14. The highest BCUT2D eigenvalue weighted by molar-refractivity contribution is 7.09. The van der Waals surface area contributed by atoms with Crippen LogP contribution in [0.4, 0.5) is 0 Å². The Morgan fingerprint density at radius 3 is 3.14 bits per heavy atom. The Hall–Kier alpha value is -0.300. The molecule has 0 N–H and O–H groups in total. The fraction of sp³-hybridized carbons (Fsp3) is 0.333. The van der Waals surface area contributed by atoms with Gasteiger partial charge in [0.15, 0.2) is 0 Å². The van der Waals surface area contributed by atoms with E-state index in [0.717, 1.165) is 4.88 Å². The number of rotatable bonds is 1. The molecule has 0 saturated heterocycles. The Labute approximate surface area is 50.6 Å². The minimum atomic E-state index is -1.16. The Morgan fingerprint density at radius 1 is 2.00 bits per heavy atom. The van der Waals surface area contributed by atoms with Crippen molar-refractivity contribution in [1.29, 1.82) is 0 Å². The highest BCUT2D eigenvalue weighted by Crippen LogP contribution is 2.07. The molecule has 0 fully saturated rings. The first-order chi connectivity index (χ1) is 4.11. The average molecular weight is 114 g/mol. The van der Waals surface area contributed by atoms with Crippen LogP contribution in [0.1, 0.15) is 14.5 Å². The summed E-state index contributed by atoms with van der Waals surface area (Å²) >= 11 is 1.45. The third kappa shape index (κ3) is 1.03. The monoisotopic (exact) mass is 114 g/mol. The van der Waals surface area contributed by atoms with Crippen LogP contribution in [-0.4, -0.2) is 0 Å². The van der Waals surface area contributed by atoms with Gasteiger partial charge in [-0.15, -0.1) is 11.3 Å². The van der Waals surface area contributed by atoms with Crippen LogP contribution in [0, 0.1) is 0 Å². The van der Waals surface area contributed by atoms with Crippen molar-refractivity contribution >= 4 is 11.3 Å². The molecule has 0 amide bonds. The number of hydrogen-bond donors (Lipinski definition) is 0. The van der Waals surface area contributed by atoms with Gasteiger partial charge in [0, 0.05) is 7.62 Å². The predicted molar refractivity (Wildman–Crippen MR) is 33.7 cm³/mol. The van der Waals surface area contributed by atoms with Gasteiger partial charge in [-0.3, -0.25) is 0 Å². The predicted octanol–water partition coefficient (Wildman–Crippen LogP) is 2.31. The van der Waals surface area contributed by atoms with E-state index in [-0.39, 0.29) is 0 Å². The minimum absolute atomic E-state index is 0.794. The Balaban J connectivity index is 2.90. The van der Waals surface area contributed by atoms with Crippen LogP contribution in [0.2, 0.25) is 0 Å². The van der Waals surface area contributed by atoms with Crippen molar-refractivity contribution in [1.82, 2.24) is 0 Å². The van der Waals surface area contributed by atoms with Crippen molar-refractivity contribution in [3.8, 4) is 0 Å². The molecule has 1 heterocycles. The largest absolute Gasteiger partial charge is 0.149 e. The molecule has 0 spiro atoms. The van der Waals surface area contributed by atoms with E-state index in [2.05, 4.69) is 0 Å². The van der Waals surface area contributed by atoms with E-state index in [0.29, 0.717) is 0 Å². The molecule has 0 nitrogen and oxygen atoms in total. The van der Waals surface area contributed by atoms with E-state index in [1.165, 1.54) is 11.3 Å². The van der Waals surface area contributed by atoms with Crippen molar-refractivity contribution < 1.29 is 2.74 Å². The molecule has 1 heteroatoms. The number of aryl methyl sites for hydroxylation is 1. The summed E-state index contributed by atoms with van der Waals surface area (Å²) in [7, 11) is 0. The van der Waals surface area contributed by atoms with Crippen molar-refractivity contribution in [3.05, 3.63) is 22.4 Å². The maximum absolute atomic E-state index is 7.27. The Bertz CT molecular complexity index is 173. The summed E-state index contributed by atoms with van der Waals surface area (Å²) < 4.78 is 14.5. The smallest absolute Gasteiger partial charge is 0.0322 e. The number of hydrogen-bond acceptors (Lipinski definition) is 1. The van der Waals surface area contributed by atoms with E-state index < -0.39 is 6.37 Å². The molecule has 0 aliphatic rings. The van der Waals surface area contributed by atoms with Crippen LogP contribution < -0.4 is 0 Å². The van der Waals surface area contributed by atoms with E-state index >= 15 is 0 Å². The molecule has 0 saturated carbocycles. The lowest BCUT2D eigenvalue weighted by atomic mass is 10.4. The third-order valence-electron chi connectivity index (χ3n) is 0.768. The molecule has 7 heavy (non-hydrogen) atoms. The maximum Gasteiger partial charge on any atom is 0.0322 e. The van der Waals surface area contributed by atoms with Gasteiger partial charge in [-0.05, 0) is 17.8 Å². The second-order valence-electron chi connectivity index (χ2n) is 1.23. The van der Waals surface area contributed by atoms with Crippen molar-refractivity contribution in [2.24, 2.45) is 0 Å². The summed E-state index contributed by atoms with van der Waals surface area (Å²) in [5.41, 5.74) is 0. The standard InChI is InChI=1S/C6H8S/c1-2-6-4-3-5-7-6/h3-5H,2H2,1H3/i2D2. The van der Waals surface area contributed by atoms with Crippen LogP contribution in [-0.2, 0) is 6.37 Å². The lowest BCUT2D eigenvalue weighted by molar-refractivity contribution is 1.19. The van der Waals surface area contributed by atoms with E-state index in [4.69, 9.17) is 2.74 Å². The highest BCUT2D eigenvalue weighted by atomic mass is 32.1. The topological polar surface area (TPSA) is 0 Å². The summed E-state index contributed by atoms with van der Waals surface area (Å²) in [6.07, 6.45) is -1.16. The van der Waals surface area contributed by atoms with E-state index in [1.54, 1.807) is 6.92 Å². The van der Waals surface area contributed by atoms with Crippen molar-refractivity contribution in [2.45, 2.75) is 13.3 Å². The van der Waals surface area contributed by atoms with E-state index in [1.807, 2.05) is 17.5 Å². The van der Waals surface area contributed by atoms with Gasteiger partial charge in [-0.2, -0.15) is 0 Å². The van der Waals surface area contributed by atoms with Gasteiger partial charge < -0.3 is 0 Å². The first-order valence-electron chi connectivity index (χ1n) is 3.15. The molecule has 0 aromatic carbocycles. The lowest BCUT2D eigenvalue weighted by Crippen LogP contribution is -1.63. The number of thiophene rings is 1. The fourth-order valence-electron chi connectivity index (χ4n) is 0.421. The maximum atomic E-state index is 7.27. The zero-order valence-corrected chi connectivity index (χ0v) is 4.96. The molecule has 0 unspecified atom stereocenters. The molecule has 0 radical (unpaired) electrons. The van der Waals surface area contributed by atoms with Crippen LogP contribution in [0.3, 0.4) is 0 Å². The summed E-state index contributed by atoms with van der Waals surface area (Å²) in [6.45, 7) is 1.57. The molecule has 0 aliphatic heterocycles. The van der Waals surface area contributed by atoms with Gasteiger partial charge in [0.25, 0.3) is 0 Å². The van der Waals surface area contributed by atoms with Gasteiger partial charge in [-0.1, -0.05) is 13.0 Å². The molecular formula is C6H8S. The van der Waals surface area contributed by atoms with Crippen LogP contribution >= 0.6 is 11.3 Å². The zero-order chi connectivity index (χ0) is 6.91. The molecular weight excluding hydrogens is 104 g/mol. The van der Waals surface area contributed by atoms with Gasteiger partial charge in [0.2, 0.25) is 0 Å². The molecule has 1 rings (SSSR count). The Morgan fingerprint density at radius 2 is 2.86 bits per heavy atom. The molecule has 0 aliphatic carbocycles. The summed E-state index contributed by atoms with van der Waals surface area (Å²) in [4.78, 5) is 0.794. The first-order valence-corrected chi connectivity index (χ1v) is 3.02. The first kappa shape index (κ1) is 2.88. The Kier molecular flexibility index (Phi) is 0.873. The van der Waals surface area contributed by atoms with Gasteiger partial charge in [-0.25, -0.2) is 0 Å². The van der Waals surface area contributed by atoms with Gasteiger partial charge >= 0.3 is 0 Å². The fourth-order valence-corrected chi connectivity index (χ4v) is 1.000. The highest BCUT2D eigenvalue weighted by Gasteiger charge is 1.82. The van der Waals surface area contributed by atoms with Crippen molar-refractivity contribution in [2.75, 3.05) is 0 Å². The molecule has 0 bridgehead atoms. The van der Waals surface area contributed by atoms with Crippen LogP contribution in [0.25, 0.3) is 0 Å². The van der Waals surface area contributed by atoms with E-state index in [9.17, 15) is 0 Å². The molecule has 0 atom stereocenters. The average Bonchev–Trinajstić information content (AvgIpc) is 2.08. The third-order valence-corrected chi connectivity index (χ3v) is 1.65. The normalized spacial score (nSPS) is 15.6. The van der Waals surface area contributed by atoms with Crippen molar-refractivity contribution in [3.63, 3.8) is 0 Å². The quantitative estimate of drug-likeness (QED) is 0.525.